The molecule has 160 valence electrons. The van der Waals surface area contributed by atoms with Gasteiger partial charge in [-0.2, -0.15) is 0 Å². The van der Waals surface area contributed by atoms with Crippen LogP contribution in [0.4, 0.5) is 17.1 Å². The van der Waals surface area contributed by atoms with Crippen LogP contribution in [0, 0.1) is 6.92 Å². The van der Waals surface area contributed by atoms with Gasteiger partial charge in [-0.1, -0.05) is 48.0 Å². The molecule has 3 aromatic carbocycles. The second kappa shape index (κ2) is 8.69. The molecule has 6 nitrogen and oxygen atoms in total. The number of nitrogens with one attached hydrogen (secondary N) is 2. The molecule has 4 rings (SSSR count). The molecule has 0 bridgehead atoms. The van der Waals surface area contributed by atoms with Crippen molar-refractivity contribution in [3.63, 3.8) is 0 Å². The molecule has 0 fully saturated rings. The summed E-state index contributed by atoms with van der Waals surface area (Å²) in [6.45, 7) is 3.30. The normalized spacial score (nSPS) is 13.5. The maximum Gasteiger partial charge on any atom is 0.282 e. The van der Waals surface area contributed by atoms with E-state index in [4.69, 9.17) is 11.6 Å². The molecule has 1 aliphatic rings. The zero-order chi connectivity index (χ0) is 22.8. The lowest BCUT2D eigenvalue weighted by molar-refractivity contribution is -0.120. The molecule has 0 atom stereocenters. The predicted molar refractivity (Wildman–Crippen MR) is 126 cm³/mol. The van der Waals surface area contributed by atoms with Gasteiger partial charge in [-0.15, -0.1) is 0 Å². The van der Waals surface area contributed by atoms with Crippen molar-refractivity contribution in [2.45, 2.75) is 13.8 Å². The topological polar surface area (TPSA) is 78.5 Å². The summed E-state index contributed by atoms with van der Waals surface area (Å²) in [4.78, 5) is 39.3. The molecule has 0 aliphatic carbocycles. The molecular weight excluding hydrogens is 426 g/mol. The fourth-order valence-corrected chi connectivity index (χ4v) is 3.69. The number of carbonyl (C=O) groups is 3. The first-order valence-electron chi connectivity index (χ1n) is 9.94. The van der Waals surface area contributed by atoms with Crippen molar-refractivity contribution in [1.82, 2.24) is 0 Å². The first kappa shape index (κ1) is 21.3. The number of carbonyl (C=O) groups excluding carboxylic acids is 3. The van der Waals surface area contributed by atoms with E-state index in [0.717, 1.165) is 10.5 Å². The van der Waals surface area contributed by atoms with Gasteiger partial charge in [-0.25, -0.2) is 4.90 Å². The number of aryl methyl sites for hydroxylation is 1. The van der Waals surface area contributed by atoms with Crippen molar-refractivity contribution < 1.29 is 14.4 Å². The van der Waals surface area contributed by atoms with Crippen LogP contribution in [0.3, 0.4) is 0 Å². The molecule has 0 radical (unpaired) electrons. The van der Waals surface area contributed by atoms with E-state index in [1.165, 1.54) is 6.92 Å². The van der Waals surface area contributed by atoms with Gasteiger partial charge in [0.05, 0.1) is 11.3 Å². The Bertz CT molecular complexity index is 1250. The van der Waals surface area contributed by atoms with E-state index in [0.29, 0.717) is 27.6 Å². The van der Waals surface area contributed by atoms with Crippen molar-refractivity contribution >= 4 is 52.0 Å². The van der Waals surface area contributed by atoms with Crippen LogP contribution in [0.25, 0.3) is 5.57 Å². The Morgan fingerprint density at radius 3 is 2.25 bits per heavy atom. The molecule has 3 aromatic rings. The average Bonchev–Trinajstić information content (AvgIpc) is 3.01. The Morgan fingerprint density at radius 2 is 1.59 bits per heavy atom. The molecule has 0 unspecified atom stereocenters. The Morgan fingerprint density at radius 1 is 0.906 bits per heavy atom. The van der Waals surface area contributed by atoms with Gasteiger partial charge in [-0.05, 0) is 54.4 Å². The number of anilines is 3. The summed E-state index contributed by atoms with van der Waals surface area (Å²) >= 11 is 6.15. The molecule has 3 amide bonds. The SMILES string of the molecule is CC(=O)Nc1ccc(N2C(=O)C(Nc3cc(Cl)ccc3C)=C(c3ccccc3)C2=O)cc1. The molecule has 1 heterocycles. The largest absolute Gasteiger partial charge is 0.350 e. The summed E-state index contributed by atoms with van der Waals surface area (Å²) in [5.41, 5.74) is 3.59. The van der Waals surface area contributed by atoms with Gasteiger partial charge in [0.2, 0.25) is 5.91 Å². The number of hydrogen-bond acceptors (Lipinski definition) is 4. The van der Waals surface area contributed by atoms with Gasteiger partial charge in [0.25, 0.3) is 11.8 Å². The average molecular weight is 446 g/mol. The number of nitrogens with zero attached hydrogens (tertiary/aromatic N) is 1. The van der Waals surface area contributed by atoms with Crippen LogP contribution in [-0.4, -0.2) is 17.7 Å². The number of hydrogen-bond donors (Lipinski definition) is 2. The van der Waals surface area contributed by atoms with Crippen molar-refractivity contribution in [2.75, 3.05) is 15.5 Å². The highest BCUT2D eigenvalue weighted by atomic mass is 35.5. The summed E-state index contributed by atoms with van der Waals surface area (Å²) in [5.74, 6) is -1.11. The fourth-order valence-electron chi connectivity index (χ4n) is 3.51. The van der Waals surface area contributed by atoms with Crippen molar-refractivity contribution in [1.29, 1.82) is 0 Å². The van der Waals surface area contributed by atoms with E-state index in [1.807, 2.05) is 31.2 Å². The fraction of sp³-hybridized carbons (Fsp3) is 0.0800. The van der Waals surface area contributed by atoms with Crippen LogP contribution < -0.4 is 15.5 Å². The molecule has 1 aliphatic heterocycles. The minimum atomic E-state index is -0.472. The summed E-state index contributed by atoms with van der Waals surface area (Å²) in [7, 11) is 0. The Hall–Kier alpha value is -3.90. The summed E-state index contributed by atoms with van der Waals surface area (Å²) in [6.07, 6.45) is 0. The first-order valence-corrected chi connectivity index (χ1v) is 10.3. The van der Waals surface area contributed by atoms with Gasteiger partial charge < -0.3 is 10.6 Å². The van der Waals surface area contributed by atoms with Crippen LogP contribution in [0.15, 0.2) is 78.5 Å². The van der Waals surface area contributed by atoms with Crippen molar-refractivity contribution in [3.05, 3.63) is 94.6 Å². The monoisotopic (exact) mass is 445 g/mol. The molecule has 0 saturated heterocycles. The van der Waals surface area contributed by atoms with E-state index >= 15 is 0 Å². The number of rotatable bonds is 5. The molecule has 2 N–H and O–H groups in total. The van der Waals surface area contributed by atoms with E-state index < -0.39 is 11.8 Å². The third-order valence-electron chi connectivity index (χ3n) is 5.05. The lowest BCUT2D eigenvalue weighted by Gasteiger charge is -2.16. The van der Waals surface area contributed by atoms with Crippen LogP contribution in [0.1, 0.15) is 18.1 Å². The zero-order valence-corrected chi connectivity index (χ0v) is 18.2. The molecule has 0 aromatic heterocycles. The second-order valence-corrected chi connectivity index (χ2v) is 7.81. The lowest BCUT2D eigenvalue weighted by Crippen LogP contribution is -2.32. The van der Waals surface area contributed by atoms with Crippen LogP contribution in [0.2, 0.25) is 5.02 Å². The van der Waals surface area contributed by atoms with E-state index in [2.05, 4.69) is 10.6 Å². The minimum Gasteiger partial charge on any atom is -0.350 e. The third kappa shape index (κ3) is 4.13. The highest BCUT2D eigenvalue weighted by molar-refractivity contribution is 6.46. The molecule has 0 spiro atoms. The molecule has 7 heteroatoms. The molecular formula is C25H20ClN3O3. The maximum atomic E-state index is 13.4. The van der Waals surface area contributed by atoms with Crippen molar-refractivity contribution in [2.24, 2.45) is 0 Å². The van der Waals surface area contributed by atoms with Gasteiger partial charge in [0, 0.05) is 23.3 Å². The summed E-state index contributed by atoms with van der Waals surface area (Å²) in [6, 6.07) is 20.9. The predicted octanol–water partition coefficient (Wildman–Crippen LogP) is 5.00. The summed E-state index contributed by atoms with van der Waals surface area (Å²) < 4.78 is 0. The third-order valence-corrected chi connectivity index (χ3v) is 5.29. The van der Waals surface area contributed by atoms with Gasteiger partial charge in [0.15, 0.2) is 0 Å². The molecule has 32 heavy (non-hydrogen) atoms. The zero-order valence-electron chi connectivity index (χ0n) is 17.5. The van der Waals surface area contributed by atoms with Gasteiger partial charge in [0.1, 0.15) is 5.70 Å². The minimum absolute atomic E-state index is 0.178. The number of benzene rings is 3. The smallest absolute Gasteiger partial charge is 0.282 e. The Labute approximate surface area is 190 Å². The van der Waals surface area contributed by atoms with E-state index in [-0.39, 0.29) is 17.2 Å². The maximum absolute atomic E-state index is 13.4. The van der Waals surface area contributed by atoms with Crippen molar-refractivity contribution in [3.8, 4) is 0 Å². The van der Waals surface area contributed by atoms with Crippen LogP contribution >= 0.6 is 11.6 Å². The highest BCUT2D eigenvalue weighted by Gasteiger charge is 2.40. The Kier molecular flexibility index (Phi) is 5.79. The van der Waals surface area contributed by atoms with Gasteiger partial charge >= 0.3 is 0 Å². The number of imide groups is 1. The second-order valence-electron chi connectivity index (χ2n) is 7.37. The Balaban J connectivity index is 1.76. The summed E-state index contributed by atoms with van der Waals surface area (Å²) in [5, 5.41) is 6.33. The first-order chi connectivity index (χ1) is 15.3. The van der Waals surface area contributed by atoms with Crippen LogP contribution in [0.5, 0.6) is 0 Å². The van der Waals surface area contributed by atoms with E-state index in [1.54, 1.807) is 48.5 Å². The highest BCUT2D eigenvalue weighted by Crippen LogP contribution is 2.35. The number of halogens is 1. The van der Waals surface area contributed by atoms with Crippen LogP contribution in [-0.2, 0) is 14.4 Å². The lowest BCUT2D eigenvalue weighted by atomic mass is 10.0. The van der Waals surface area contributed by atoms with Gasteiger partial charge in [-0.3, -0.25) is 14.4 Å². The molecule has 0 saturated carbocycles. The van der Waals surface area contributed by atoms with E-state index in [9.17, 15) is 14.4 Å². The quantitative estimate of drug-likeness (QED) is 0.541. The standard InChI is InChI=1S/C25H20ClN3O3/c1-15-8-9-18(26)14-21(15)28-23-22(17-6-4-3-5-7-17)24(31)29(25(23)32)20-12-10-19(11-13-20)27-16(2)30/h3-14,28H,1-2H3,(H,27,30). The number of amides is 3.